The topological polar surface area (TPSA) is 89.1 Å². The van der Waals surface area contributed by atoms with Crippen molar-refractivity contribution < 1.29 is 14.3 Å². The lowest BCUT2D eigenvalue weighted by atomic mass is 9.97. The molecule has 6 nitrogen and oxygen atoms in total. The molecule has 0 aliphatic carbocycles. The quantitative estimate of drug-likeness (QED) is 0.534. The van der Waals surface area contributed by atoms with Crippen molar-refractivity contribution in [3.05, 3.63) is 75.7 Å². The third-order valence-corrected chi connectivity index (χ3v) is 4.64. The Balaban J connectivity index is 1.72. The summed E-state index contributed by atoms with van der Waals surface area (Å²) in [5, 5.41) is 6.77. The summed E-state index contributed by atoms with van der Waals surface area (Å²) in [7, 11) is 0. The number of ketones is 1. The summed E-state index contributed by atoms with van der Waals surface area (Å²) >= 11 is 0. The molecule has 0 fully saturated rings. The second-order valence-electron chi connectivity index (χ2n) is 6.38. The van der Waals surface area contributed by atoms with Gasteiger partial charge in [-0.15, -0.1) is 0 Å². The fraction of sp³-hybridized carbons (Fsp3) is 0.238. The zero-order valence-corrected chi connectivity index (χ0v) is 15.2. The number of nitrogens with zero attached hydrogens (tertiary/aromatic N) is 1. The summed E-state index contributed by atoms with van der Waals surface area (Å²) in [5.41, 5.74) is 1.23. The van der Waals surface area contributed by atoms with Gasteiger partial charge in [0.1, 0.15) is 0 Å². The van der Waals surface area contributed by atoms with Gasteiger partial charge in [-0.2, -0.15) is 5.10 Å². The van der Waals surface area contributed by atoms with Crippen LogP contribution in [0.15, 0.2) is 53.3 Å². The number of H-pyrrole nitrogens is 1. The molecule has 0 radical (unpaired) electrons. The average Bonchev–Trinajstić information content (AvgIpc) is 2.71. The molecule has 0 amide bonds. The van der Waals surface area contributed by atoms with Crippen molar-refractivity contribution in [2.45, 2.75) is 26.2 Å². The fourth-order valence-electron chi connectivity index (χ4n) is 2.79. The van der Waals surface area contributed by atoms with Crippen molar-refractivity contribution in [1.82, 2.24) is 10.2 Å². The molecule has 0 saturated heterocycles. The number of fused-ring (bicyclic) bond motifs is 1. The van der Waals surface area contributed by atoms with Crippen LogP contribution in [-0.2, 0) is 4.74 Å². The minimum absolute atomic E-state index is 0.0230. The number of Topliss-reactive ketones (excluding diaryl/α,β-unsaturated/α-hetero) is 1. The largest absolute Gasteiger partial charge is 0.452 e. The molecule has 138 valence electrons. The van der Waals surface area contributed by atoms with Gasteiger partial charge in [0.15, 0.2) is 18.1 Å². The number of ether oxygens (including phenoxy) is 1. The average molecular weight is 364 g/mol. The normalized spacial score (nSPS) is 11.9. The summed E-state index contributed by atoms with van der Waals surface area (Å²) in [4.78, 5) is 36.4. The van der Waals surface area contributed by atoms with E-state index in [0.717, 1.165) is 12.0 Å². The lowest BCUT2D eigenvalue weighted by Gasteiger charge is -2.09. The molecule has 1 atom stereocenters. The van der Waals surface area contributed by atoms with E-state index in [-0.39, 0.29) is 17.0 Å². The monoisotopic (exact) mass is 364 g/mol. The molecule has 27 heavy (non-hydrogen) atoms. The van der Waals surface area contributed by atoms with E-state index in [0.29, 0.717) is 22.3 Å². The highest BCUT2D eigenvalue weighted by molar-refractivity contribution is 6.04. The van der Waals surface area contributed by atoms with Crippen molar-refractivity contribution in [2.75, 3.05) is 6.61 Å². The maximum absolute atomic E-state index is 12.3. The highest BCUT2D eigenvalue weighted by atomic mass is 16.5. The smallest absolute Gasteiger partial charge is 0.359 e. The molecule has 1 aromatic heterocycles. The maximum atomic E-state index is 12.3. The van der Waals surface area contributed by atoms with E-state index in [4.69, 9.17) is 4.74 Å². The number of benzene rings is 2. The first-order chi connectivity index (χ1) is 13.0. The number of carbonyl (C=O) groups is 2. The Kier molecular flexibility index (Phi) is 5.45. The van der Waals surface area contributed by atoms with Crippen molar-refractivity contribution in [2.24, 2.45) is 0 Å². The second kappa shape index (κ2) is 7.95. The Bertz CT molecular complexity index is 1040. The zero-order chi connectivity index (χ0) is 19.4. The first-order valence-corrected chi connectivity index (χ1v) is 8.79. The molecule has 2 aromatic carbocycles. The number of esters is 1. The van der Waals surface area contributed by atoms with Gasteiger partial charge < -0.3 is 4.74 Å². The van der Waals surface area contributed by atoms with Gasteiger partial charge in [0.05, 0.1) is 5.39 Å². The third-order valence-electron chi connectivity index (χ3n) is 4.64. The number of hydrogen-bond acceptors (Lipinski definition) is 5. The van der Waals surface area contributed by atoms with E-state index in [2.05, 4.69) is 24.0 Å². The van der Waals surface area contributed by atoms with E-state index in [1.807, 2.05) is 12.1 Å². The lowest BCUT2D eigenvalue weighted by Crippen LogP contribution is -2.19. The molecule has 1 heterocycles. The molecule has 0 bridgehead atoms. The molecule has 1 N–H and O–H groups in total. The minimum Gasteiger partial charge on any atom is -0.452 e. The Morgan fingerprint density at radius 1 is 1.07 bits per heavy atom. The van der Waals surface area contributed by atoms with Crippen LogP contribution in [0.25, 0.3) is 10.8 Å². The van der Waals surface area contributed by atoms with Crippen LogP contribution in [-0.4, -0.2) is 28.6 Å². The van der Waals surface area contributed by atoms with Crippen LogP contribution < -0.4 is 5.56 Å². The maximum Gasteiger partial charge on any atom is 0.359 e. The molecule has 0 aliphatic rings. The predicted molar refractivity (Wildman–Crippen MR) is 102 cm³/mol. The van der Waals surface area contributed by atoms with Gasteiger partial charge in [-0.25, -0.2) is 9.89 Å². The van der Waals surface area contributed by atoms with Gasteiger partial charge in [-0.1, -0.05) is 56.3 Å². The Labute approximate surface area is 156 Å². The summed E-state index contributed by atoms with van der Waals surface area (Å²) < 4.78 is 5.12. The van der Waals surface area contributed by atoms with Gasteiger partial charge >= 0.3 is 5.97 Å². The number of carbonyl (C=O) groups excluding carboxylic acids is 2. The molecular weight excluding hydrogens is 344 g/mol. The molecule has 3 aromatic rings. The van der Waals surface area contributed by atoms with E-state index >= 15 is 0 Å². The Morgan fingerprint density at radius 2 is 1.74 bits per heavy atom. The van der Waals surface area contributed by atoms with Crippen molar-refractivity contribution in [3.63, 3.8) is 0 Å². The zero-order valence-electron chi connectivity index (χ0n) is 15.2. The summed E-state index contributed by atoms with van der Waals surface area (Å²) in [5.74, 6) is -0.633. The lowest BCUT2D eigenvalue weighted by molar-refractivity contribution is 0.0470. The highest BCUT2D eigenvalue weighted by Crippen LogP contribution is 2.19. The van der Waals surface area contributed by atoms with E-state index < -0.39 is 12.6 Å². The molecular formula is C21H20N2O4. The van der Waals surface area contributed by atoms with Crippen LogP contribution in [0, 0.1) is 0 Å². The number of nitrogens with one attached hydrogen (secondary N) is 1. The first-order valence-electron chi connectivity index (χ1n) is 8.79. The van der Waals surface area contributed by atoms with Crippen LogP contribution in [0.3, 0.4) is 0 Å². The molecule has 0 aliphatic heterocycles. The minimum atomic E-state index is -0.757. The van der Waals surface area contributed by atoms with Crippen LogP contribution in [0.5, 0.6) is 0 Å². The summed E-state index contributed by atoms with van der Waals surface area (Å²) in [6.07, 6.45) is 1.02. The summed E-state index contributed by atoms with van der Waals surface area (Å²) in [6, 6.07) is 13.9. The highest BCUT2D eigenvalue weighted by Gasteiger charge is 2.17. The predicted octanol–water partition coefficient (Wildman–Crippen LogP) is 3.48. The number of aromatic nitrogens is 2. The number of rotatable bonds is 6. The van der Waals surface area contributed by atoms with Crippen molar-refractivity contribution >= 4 is 22.5 Å². The van der Waals surface area contributed by atoms with Gasteiger partial charge in [0.2, 0.25) is 0 Å². The summed E-state index contributed by atoms with van der Waals surface area (Å²) in [6.45, 7) is 3.84. The molecule has 3 rings (SSSR count). The van der Waals surface area contributed by atoms with E-state index in [1.165, 1.54) is 0 Å². The van der Waals surface area contributed by atoms with Crippen LogP contribution in [0.2, 0.25) is 0 Å². The SMILES string of the molecule is CC[C@@H](C)c1ccc(C(=O)COC(=O)c2n[nH]c(=O)c3ccccc23)cc1. The standard InChI is InChI=1S/C21H20N2O4/c1-3-13(2)14-8-10-15(11-9-14)18(24)12-27-21(26)19-16-6-4-5-7-17(16)20(25)23-22-19/h4-11,13H,3,12H2,1-2H3,(H,23,25)/t13-/m1/s1. The van der Waals surface area contributed by atoms with Gasteiger partial charge in [0.25, 0.3) is 5.56 Å². The van der Waals surface area contributed by atoms with Crippen molar-refractivity contribution in [3.8, 4) is 0 Å². The molecule has 0 saturated carbocycles. The Morgan fingerprint density at radius 3 is 2.41 bits per heavy atom. The molecule has 0 spiro atoms. The van der Waals surface area contributed by atoms with Crippen LogP contribution >= 0.6 is 0 Å². The van der Waals surface area contributed by atoms with Crippen LogP contribution in [0.1, 0.15) is 52.6 Å². The van der Waals surface area contributed by atoms with Gasteiger partial charge in [0, 0.05) is 10.9 Å². The fourth-order valence-corrected chi connectivity index (χ4v) is 2.79. The first kappa shape index (κ1) is 18.5. The number of aromatic amines is 1. The Hall–Kier alpha value is -3.28. The van der Waals surface area contributed by atoms with Gasteiger partial charge in [-0.3, -0.25) is 9.59 Å². The van der Waals surface area contributed by atoms with E-state index in [1.54, 1.807) is 36.4 Å². The van der Waals surface area contributed by atoms with Gasteiger partial charge in [-0.05, 0) is 24.0 Å². The third kappa shape index (κ3) is 3.95. The number of hydrogen-bond donors (Lipinski definition) is 1. The molecule has 0 unspecified atom stereocenters. The second-order valence-corrected chi connectivity index (χ2v) is 6.38. The molecule has 6 heteroatoms. The van der Waals surface area contributed by atoms with E-state index in [9.17, 15) is 14.4 Å². The van der Waals surface area contributed by atoms with Crippen molar-refractivity contribution in [1.29, 1.82) is 0 Å². The van der Waals surface area contributed by atoms with Crippen LogP contribution in [0.4, 0.5) is 0 Å².